The number of nitrogens with one attached hydrogen (secondary N) is 1. The van der Waals surface area contributed by atoms with Gasteiger partial charge in [0.25, 0.3) is 15.9 Å². The lowest BCUT2D eigenvalue weighted by atomic mass is 9.97. The first-order valence-electron chi connectivity index (χ1n) is 14.9. The fourth-order valence-electron chi connectivity index (χ4n) is 5.96. The fraction of sp³-hybridized carbons (Fsp3) is 0.424. The molecule has 0 unspecified atom stereocenters. The van der Waals surface area contributed by atoms with Crippen LogP contribution < -0.4 is 14.4 Å². The van der Waals surface area contributed by atoms with Crippen molar-refractivity contribution in [2.75, 3.05) is 77.1 Å². The number of likely N-dealkylation sites (tertiary alicyclic amines) is 1. The number of rotatable bonds is 8. The number of methoxy groups -OCH3 is 1. The largest absolute Gasteiger partial charge is 0.495 e. The van der Waals surface area contributed by atoms with Crippen LogP contribution in [-0.4, -0.2) is 103 Å². The lowest BCUT2D eigenvalue weighted by molar-refractivity contribution is 0.0663. The molecule has 0 radical (unpaired) electrons. The number of ether oxygens (including phenoxy) is 1. The van der Waals surface area contributed by atoms with E-state index in [1.807, 2.05) is 48.2 Å². The van der Waals surface area contributed by atoms with Crippen LogP contribution in [-0.2, 0) is 10.0 Å². The molecule has 2 heterocycles. The summed E-state index contributed by atoms with van der Waals surface area (Å²) in [6.07, 6.45) is 1.96. The Morgan fingerprint density at radius 1 is 0.907 bits per heavy atom. The number of nitrogens with zero attached hydrogens (tertiary/aromatic N) is 4. The van der Waals surface area contributed by atoms with Crippen LogP contribution in [0, 0.1) is 6.92 Å². The van der Waals surface area contributed by atoms with E-state index < -0.39 is 10.0 Å². The summed E-state index contributed by atoms with van der Waals surface area (Å²) in [4.78, 5) is 22.0. The van der Waals surface area contributed by atoms with Crippen molar-refractivity contribution in [3.63, 3.8) is 0 Å². The first-order chi connectivity index (χ1) is 20.6. The van der Waals surface area contributed by atoms with Crippen molar-refractivity contribution < 1.29 is 17.9 Å². The number of carbonyl (C=O) groups is 1. The van der Waals surface area contributed by atoms with Gasteiger partial charge in [0.15, 0.2) is 0 Å². The van der Waals surface area contributed by atoms with Gasteiger partial charge in [0.2, 0.25) is 0 Å². The Morgan fingerprint density at radius 2 is 1.58 bits per heavy atom. The Balaban J connectivity index is 1.28. The van der Waals surface area contributed by atoms with Crippen molar-refractivity contribution in [2.24, 2.45) is 0 Å². The molecule has 3 aromatic rings. The zero-order valence-corrected chi connectivity index (χ0v) is 26.7. The van der Waals surface area contributed by atoms with E-state index in [0.717, 1.165) is 74.5 Å². The summed E-state index contributed by atoms with van der Waals surface area (Å²) in [6.45, 7) is 7.06. The SMILES string of the molecule is COc1ccc(NS(=O)(=O)c2ccc(-c3ccc(C(=O)N4CCC(N(C)C)CC4)cc3C)cc2)cc1N1CCN(C)CC1. The summed E-state index contributed by atoms with van der Waals surface area (Å²) in [5.41, 5.74) is 4.87. The smallest absolute Gasteiger partial charge is 0.261 e. The standard InChI is InChI=1S/C33H43N5O4S/c1-24-22-26(33(39)38-16-14-28(15-17-38)35(2)3)8-12-30(24)25-6-10-29(11-7-25)43(40,41)34-27-9-13-32(42-5)31(23-27)37-20-18-36(4)19-21-37/h6-13,22-23,28,34H,14-21H2,1-5H3. The molecule has 0 spiro atoms. The minimum absolute atomic E-state index is 0.0636. The number of hydrogen-bond acceptors (Lipinski definition) is 7. The minimum Gasteiger partial charge on any atom is -0.495 e. The van der Waals surface area contributed by atoms with E-state index in [1.54, 1.807) is 31.4 Å². The molecular formula is C33H43N5O4S. The van der Waals surface area contributed by atoms with Crippen LogP contribution in [0.25, 0.3) is 11.1 Å². The van der Waals surface area contributed by atoms with Gasteiger partial charge in [-0.2, -0.15) is 0 Å². The zero-order chi connectivity index (χ0) is 30.7. The zero-order valence-electron chi connectivity index (χ0n) is 25.8. The van der Waals surface area contributed by atoms with Crippen LogP contribution >= 0.6 is 0 Å². The van der Waals surface area contributed by atoms with E-state index in [1.165, 1.54) is 0 Å². The van der Waals surface area contributed by atoms with Gasteiger partial charge in [-0.25, -0.2) is 8.42 Å². The molecule has 0 aliphatic carbocycles. The van der Waals surface area contributed by atoms with Gasteiger partial charge in [-0.1, -0.05) is 18.2 Å². The lowest BCUT2D eigenvalue weighted by Crippen LogP contribution is -2.44. The Hall–Kier alpha value is -3.60. The number of piperidine rings is 1. The van der Waals surface area contributed by atoms with E-state index in [9.17, 15) is 13.2 Å². The number of aryl methyl sites for hydroxylation is 1. The van der Waals surface area contributed by atoms with Gasteiger partial charge < -0.3 is 24.3 Å². The van der Waals surface area contributed by atoms with Gasteiger partial charge in [-0.15, -0.1) is 0 Å². The number of amides is 1. The molecule has 0 atom stereocenters. The van der Waals surface area contributed by atoms with E-state index in [2.05, 4.69) is 40.6 Å². The van der Waals surface area contributed by atoms with E-state index in [4.69, 9.17) is 4.74 Å². The summed E-state index contributed by atoms with van der Waals surface area (Å²) in [5.74, 6) is 0.780. The normalized spacial score (nSPS) is 16.9. The highest BCUT2D eigenvalue weighted by molar-refractivity contribution is 7.92. The van der Waals surface area contributed by atoms with Gasteiger partial charge >= 0.3 is 0 Å². The monoisotopic (exact) mass is 605 g/mol. The number of piperazine rings is 1. The Labute approximate surface area is 256 Å². The summed E-state index contributed by atoms with van der Waals surface area (Å²) in [5, 5.41) is 0. The second-order valence-electron chi connectivity index (χ2n) is 11.8. The predicted molar refractivity (Wildman–Crippen MR) is 173 cm³/mol. The maximum atomic E-state index is 13.3. The van der Waals surface area contributed by atoms with Crippen LogP contribution in [0.15, 0.2) is 65.6 Å². The molecule has 2 saturated heterocycles. The van der Waals surface area contributed by atoms with Crippen molar-refractivity contribution in [2.45, 2.75) is 30.7 Å². The molecule has 2 aliphatic rings. The van der Waals surface area contributed by atoms with Crippen molar-refractivity contribution in [3.05, 3.63) is 71.8 Å². The molecule has 10 heteroatoms. The second kappa shape index (κ2) is 13.0. The topological polar surface area (TPSA) is 85.4 Å². The molecule has 2 fully saturated rings. The van der Waals surface area contributed by atoms with Gasteiger partial charge in [-0.05, 0) is 100 Å². The molecule has 43 heavy (non-hydrogen) atoms. The van der Waals surface area contributed by atoms with Gasteiger partial charge in [0, 0.05) is 50.9 Å². The van der Waals surface area contributed by atoms with Gasteiger partial charge in [0.05, 0.1) is 23.4 Å². The van der Waals surface area contributed by atoms with Gasteiger partial charge in [0.1, 0.15) is 5.75 Å². The molecular weight excluding hydrogens is 562 g/mol. The average Bonchev–Trinajstić information content (AvgIpc) is 3.01. The van der Waals surface area contributed by atoms with Crippen molar-refractivity contribution in [3.8, 4) is 16.9 Å². The highest BCUT2D eigenvalue weighted by Crippen LogP contribution is 2.33. The predicted octanol–water partition coefficient (Wildman–Crippen LogP) is 4.39. The van der Waals surface area contributed by atoms with Gasteiger partial charge in [-0.3, -0.25) is 9.52 Å². The molecule has 0 aromatic heterocycles. The van der Waals surface area contributed by atoms with Crippen LogP contribution in [0.1, 0.15) is 28.8 Å². The van der Waals surface area contributed by atoms with Crippen molar-refractivity contribution in [1.82, 2.24) is 14.7 Å². The first-order valence-corrected chi connectivity index (χ1v) is 16.3. The van der Waals surface area contributed by atoms with Crippen LogP contribution in [0.4, 0.5) is 11.4 Å². The highest BCUT2D eigenvalue weighted by atomic mass is 32.2. The third-order valence-corrected chi connectivity index (χ3v) is 10.1. The molecule has 9 nitrogen and oxygen atoms in total. The molecule has 5 rings (SSSR count). The van der Waals surface area contributed by atoms with E-state index in [0.29, 0.717) is 23.0 Å². The lowest BCUT2D eigenvalue weighted by Gasteiger charge is -2.35. The molecule has 1 N–H and O–H groups in total. The van der Waals surface area contributed by atoms with Crippen molar-refractivity contribution in [1.29, 1.82) is 0 Å². The third-order valence-electron chi connectivity index (χ3n) is 8.71. The number of benzene rings is 3. The molecule has 3 aromatic carbocycles. The van der Waals surface area contributed by atoms with E-state index in [-0.39, 0.29) is 10.8 Å². The quantitative estimate of drug-likeness (QED) is 0.408. The Bertz CT molecular complexity index is 1540. The Kier molecular flexibility index (Phi) is 9.29. The summed E-state index contributed by atoms with van der Waals surface area (Å²) in [7, 11) is 4.10. The first kappa shape index (κ1) is 30.8. The summed E-state index contributed by atoms with van der Waals surface area (Å²) in [6, 6.07) is 18.5. The average molecular weight is 606 g/mol. The van der Waals surface area contributed by atoms with Crippen LogP contribution in [0.5, 0.6) is 5.75 Å². The Morgan fingerprint density at radius 3 is 2.19 bits per heavy atom. The summed E-state index contributed by atoms with van der Waals surface area (Å²) >= 11 is 0. The second-order valence-corrected chi connectivity index (χ2v) is 13.5. The fourth-order valence-corrected chi connectivity index (χ4v) is 7.01. The number of sulfonamides is 1. The van der Waals surface area contributed by atoms with Crippen LogP contribution in [0.2, 0.25) is 0 Å². The molecule has 230 valence electrons. The third kappa shape index (κ3) is 6.98. The van der Waals surface area contributed by atoms with E-state index >= 15 is 0 Å². The maximum Gasteiger partial charge on any atom is 0.261 e. The maximum absolute atomic E-state index is 13.3. The number of carbonyl (C=O) groups excluding carboxylic acids is 1. The number of anilines is 2. The molecule has 0 saturated carbocycles. The summed E-state index contributed by atoms with van der Waals surface area (Å²) < 4.78 is 34.9. The van der Waals surface area contributed by atoms with Crippen LogP contribution in [0.3, 0.4) is 0 Å². The number of likely N-dealkylation sites (N-methyl/N-ethyl adjacent to an activating group) is 1. The number of hydrogen-bond donors (Lipinski definition) is 1. The minimum atomic E-state index is -3.81. The van der Waals surface area contributed by atoms with Crippen molar-refractivity contribution >= 4 is 27.3 Å². The highest BCUT2D eigenvalue weighted by Gasteiger charge is 2.25. The molecule has 2 aliphatic heterocycles. The molecule has 0 bridgehead atoms. The molecule has 1 amide bonds.